The van der Waals surface area contributed by atoms with Crippen LogP contribution in [0.15, 0.2) is 63.8 Å². The topological polar surface area (TPSA) is 105 Å². The van der Waals surface area contributed by atoms with E-state index in [2.05, 4.69) is 11.1 Å². The number of benzene rings is 2. The third-order valence-electron chi connectivity index (χ3n) is 6.73. The molecular weight excluding hydrogens is 460 g/mol. The van der Waals surface area contributed by atoms with Crippen LogP contribution >= 0.6 is 0 Å². The zero-order chi connectivity index (χ0) is 25.2. The van der Waals surface area contributed by atoms with E-state index in [0.717, 1.165) is 17.6 Å². The normalized spacial score (nSPS) is 14.0. The average molecular weight is 489 g/mol. The van der Waals surface area contributed by atoms with E-state index in [1.807, 2.05) is 36.4 Å². The van der Waals surface area contributed by atoms with Crippen molar-refractivity contribution < 1.29 is 23.8 Å². The Hall–Kier alpha value is -4.04. The molecule has 0 saturated carbocycles. The Morgan fingerprint density at radius 1 is 1.17 bits per heavy atom. The minimum Gasteiger partial charge on any atom is -0.502 e. The zero-order valence-corrected chi connectivity index (χ0v) is 20.2. The first kappa shape index (κ1) is 23.7. The molecule has 8 nitrogen and oxygen atoms in total. The molecule has 36 heavy (non-hydrogen) atoms. The number of para-hydroxylation sites is 2. The second-order valence-corrected chi connectivity index (χ2v) is 8.91. The summed E-state index contributed by atoms with van der Waals surface area (Å²) in [6.07, 6.45) is 0.733. The number of methoxy groups -OCH3 is 2. The van der Waals surface area contributed by atoms with E-state index < -0.39 is 17.1 Å². The van der Waals surface area contributed by atoms with Crippen LogP contribution in [-0.2, 0) is 29.1 Å². The fraction of sp³-hybridized carbons (Fsp3) is 0.286. The number of H-pyrrole nitrogens is 1. The molecule has 0 bridgehead atoms. The maximum Gasteiger partial charge on any atom is 0.227 e. The molecule has 1 unspecified atom stereocenters. The fourth-order valence-corrected chi connectivity index (χ4v) is 5.01. The molecule has 186 valence electrons. The highest BCUT2D eigenvalue weighted by Crippen LogP contribution is 2.38. The number of carbonyl (C=O) groups is 1. The van der Waals surface area contributed by atoms with Crippen molar-refractivity contribution in [1.82, 2.24) is 9.88 Å². The number of nitrogens with zero attached hydrogens (tertiary/aromatic N) is 1. The maximum atomic E-state index is 13.6. The van der Waals surface area contributed by atoms with E-state index in [1.54, 1.807) is 11.0 Å². The molecule has 1 atom stereocenters. The highest BCUT2D eigenvalue weighted by Gasteiger charge is 2.31. The summed E-state index contributed by atoms with van der Waals surface area (Å²) in [5, 5.41) is 11.9. The number of hydrogen-bond acceptors (Lipinski definition) is 6. The molecule has 0 radical (unpaired) electrons. The van der Waals surface area contributed by atoms with E-state index >= 15 is 0 Å². The largest absolute Gasteiger partial charge is 0.502 e. The quantitative estimate of drug-likeness (QED) is 0.406. The van der Waals surface area contributed by atoms with E-state index in [1.165, 1.54) is 31.2 Å². The van der Waals surface area contributed by atoms with E-state index in [4.69, 9.17) is 13.9 Å². The van der Waals surface area contributed by atoms with Gasteiger partial charge in [0.1, 0.15) is 18.1 Å². The number of amides is 1. The maximum absolute atomic E-state index is 13.6. The highest BCUT2D eigenvalue weighted by atomic mass is 16.5. The smallest absolute Gasteiger partial charge is 0.227 e. The fourth-order valence-electron chi connectivity index (χ4n) is 5.01. The highest BCUT2D eigenvalue weighted by molar-refractivity contribution is 5.86. The molecule has 2 N–H and O–H groups in total. The Morgan fingerprint density at radius 2 is 1.94 bits per heavy atom. The predicted octanol–water partition coefficient (Wildman–Crippen LogP) is 4.09. The van der Waals surface area contributed by atoms with Gasteiger partial charge in [0.25, 0.3) is 0 Å². The van der Waals surface area contributed by atoms with Crippen molar-refractivity contribution in [2.24, 2.45) is 0 Å². The summed E-state index contributed by atoms with van der Waals surface area (Å²) >= 11 is 0. The predicted molar refractivity (Wildman–Crippen MR) is 134 cm³/mol. The minimum absolute atomic E-state index is 0.0110. The molecule has 1 aliphatic heterocycles. The first-order valence-corrected chi connectivity index (χ1v) is 11.8. The number of aromatic hydroxyl groups is 1. The molecule has 3 heterocycles. The van der Waals surface area contributed by atoms with Crippen molar-refractivity contribution in [3.63, 3.8) is 0 Å². The molecular formula is C28H28N2O6. The second kappa shape index (κ2) is 9.91. The number of aromatic nitrogens is 1. The number of nitrogens with one attached hydrogen (secondary N) is 1. The number of aromatic amines is 1. The summed E-state index contributed by atoms with van der Waals surface area (Å²) in [5.41, 5.74) is 3.39. The van der Waals surface area contributed by atoms with E-state index in [0.29, 0.717) is 24.4 Å². The number of rotatable bonds is 7. The number of carbonyl (C=O) groups excluding carboxylic acids is 1. The molecule has 0 aliphatic carbocycles. The lowest BCUT2D eigenvalue weighted by Gasteiger charge is -2.29. The molecule has 2 aromatic carbocycles. The summed E-state index contributed by atoms with van der Waals surface area (Å²) in [5.74, 6) is -0.545. The number of fused-ring (bicyclic) bond motifs is 3. The van der Waals surface area contributed by atoms with Gasteiger partial charge in [0.05, 0.1) is 19.6 Å². The molecule has 0 spiro atoms. The van der Waals surface area contributed by atoms with Gasteiger partial charge in [0, 0.05) is 48.3 Å². The van der Waals surface area contributed by atoms with Gasteiger partial charge in [-0.25, -0.2) is 0 Å². The minimum atomic E-state index is -0.734. The lowest BCUT2D eigenvalue weighted by Crippen LogP contribution is -2.36. The first-order chi connectivity index (χ1) is 17.5. The van der Waals surface area contributed by atoms with Gasteiger partial charge in [-0.2, -0.15) is 0 Å². The van der Waals surface area contributed by atoms with Gasteiger partial charge in [-0.05, 0) is 24.1 Å². The van der Waals surface area contributed by atoms with Gasteiger partial charge in [0.15, 0.2) is 5.76 Å². The molecule has 8 heteroatoms. The molecule has 0 saturated heterocycles. The summed E-state index contributed by atoms with van der Waals surface area (Å²) in [6, 6.07) is 16.6. The molecule has 1 aliphatic rings. The SMILES string of the molecule is COCc1cc(=O)c(O)c(C(CC(=O)N2CCc3c([nH]c4ccccc34)C2)c2ccccc2OC)o1. The molecule has 2 aromatic heterocycles. The van der Waals surface area contributed by atoms with Gasteiger partial charge in [-0.1, -0.05) is 36.4 Å². The van der Waals surface area contributed by atoms with Gasteiger partial charge < -0.3 is 28.9 Å². The van der Waals surface area contributed by atoms with Crippen molar-refractivity contribution in [3.05, 3.63) is 93.2 Å². The monoisotopic (exact) mass is 488 g/mol. The number of ether oxygens (including phenoxy) is 2. The van der Waals surface area contributed by atoms with Gasteiger partial charge in [0.2, 0.25) is 17.1 Å². The van der Waals surface area contributed by atoms with Crippen molar-refractivity contribution in [2.45, 2.75) is 31.9 Å². The Balaban J connectivity index is 1.50. The van der Waals surface area contributed by atoms with Crippen molar-refractivity contribution in [3.8, 4) is 11.5 Å². The van der Waals surface area contributed by atoms with Crippen LogP contribution in [0.1, 0.15) is 40.7 Å². The molecule has 5 rings (SSSR count). The van der Waals surface area contributed by atoms with E-state index in [-0.39, 0.29) is 30.5 Å². The average Bonchev–Trinajstić information content (AvgIpc) is 3.27. The Labute approximate surface area is 208 Å². The Kier molecular flexibility index (Phi) is 6.52. The van der Waals surface area contributed by atoms with Crippen LogP contribution in [0.4, 0.5) is 0 Å². The van der Waals surface area contributed by atoms with E-state index in [9.17, 15) is 14.7 Å². The third-order valence-corrected chi connectivity index (χ3v) is 6.73. The molecule has 4 aromatic rings. The Bertz CT molecular complexity index is 1470. The van der Waals surface area contributed by atoms with Crippen LogP contribution in [-0.4, -0.2) is 41.7 Å². The van der Waals surface area contributed by atoms with Crippen molar-refractivity contribution >= 4 is 16.8 Å². The van der Waals surface area contributed by atoms with Crippen LogP contribution in [0.25, 0.3) is 10.9 Å². The van der Waals surface area contributed by atoms with Crippen LogP contribution < -0.4 is 10.2 Å². The lowest BCUT2D eigenvalue weighted by atomic mass is 9.90. The standard InChI is InChI=1S/C28H28N2O6/c1-34-16-17-13-24(31)27(33)28(36-17)21(20-8-4-6-10-25(20)35-2)14-26(32)30-12-11-19-18-7-3-5-9-22(18)29-23(19)15-30/h3-10,13,21,29,33H,11-12,14-16H2,1-2H3. The summed E-state index contributed by atoms with van der Waals surface area (Å²) in [6.45, 7) is 1.09. The van der Waals surface area contributed by atoms with Crippen LogP contribution in [0.3, 0.4) is 0 Å². The van der Waals surface area contributed by atoms with Crippen molar-refractivity contribution in [1.29, 1.82) is 0 Å². The first-order valence-electron chi connectivity index (χ1n) is 11.8. The van der Waals surface area contributed by atoms with Gasteiger partial charge in [-0.15, -0.1) is 0 Å². The second-order valence-electron chi connectivity index (χ2n) is 8.91. The summed E-state index contributed by atoms with van der Waals surface area (Å²) in [4.78, 5) is 31.4. The van der Waals surface area contributed by atoms with Crippen LogP contribution in [0.2, 0.25) is 0 Å². The van der Waals surface area contributed by atoms with Gasteiger partial charge >= 0.3 is 0 Å². The molecule has 0 fully saturated rings. The van der Waals surface area contributed by atoms with Crippen LogP contribution in [0.5, 0.6) is 11.5 Å². The van der Waals surface area contributed by atoms with Crippen LogP contribution in [0, 0.1) is 0 Å². The summed E-state index contributed by atoms with van der Waals surface area (Å²) in [7, 11) is 3.03. The summed E-state index contributed by atoms with van der Waals surface area (Å²) < 4.78 is 16.6. The number of hydrogen-bond donors (Lipinski definition) is 2. The van der Waals surface area contributed by atoms with Gasteiger partial charge in [-0.3, -0.25) is 9.59 Å². The zero-order valence-electron chi connectivity index (χ0n) is 20.2. The van der Waals surface area contributed by atoms with Crippen molar-refractivity contribution in [2.75, 3.05) is 20.8 Å². The third kappa shape index (κ3) is 4.35. The molecule has 1 amide bonds. The Morgan fingerprint density at radius 3 is 2.75 bits per heavy atom. The lowest BCUT2D eigenvalue weighted by molar-refractivity contribution is -0.132.